The molecule has 1 N–H and O–H groups in total. The lowest BCUT2D eigenvalue weighted by Crippen LogP contribution is -2.25. The zero-order valence-electron chi connectivity index (χ0n) is 12.3. The van der Waals surface area contributed by atoms with Crippen LogP contribution in [0.4, 0.5) is 5.69 Å². The fourth-order valence-corrected chi connectivity index (χ4v) is 3.87. The van der Waals surface area contributed by atoms with Gasteiger partial charge in [-0.1, -0.05) is 52.7 Å². The number of halogens is 2. The van der Waals surface area contributed by atoms with Gasteiger partial charge in [-0.3, -0.25) is 4.79 Å². The molecule has 23 heavy (non-hydrogen) atoms. The van der Waals surface area contributed by atoms with Gasteiger partial charge in [-0.05, 0) is 49.2 Å². The van der Waals surface area contributed by atoms with Gasteiger partial charge >= 0.3 is 0 Å². The Labute approximate surface area is 149 Å². The van der Waals surface area contributed by atoms with Crippen LogP contribution >= 0.6 is 35.0 Å². The summed E-state index contributed by atoms with van der Waals surface area (Å²) in [6, 6.07) is 13.2. The molecule has 0 saturated carbocycles. The third-order valence-corrected chi connectivity index (χ3v) is 4.90. The van der Waals surface area contributed by atoms with Crippen molar-refractivity contribution in [1.82, 2.24) is 5.32 Å². The molecule has 1 aliphatic heterocycles. The van der Waals surface area contributed by atoms with Crippen LogP contribution in [0.5, 0.6) is 0 Å². The Hall–Kier alpha value is -1.49. The van der Waals surface area contributed by atoms with Crippen LogP contribution in [0.1, 0.15) is 11.1 Å². The second-order valence-electron chi connectivity index (χ2n) is 5.33. The van der Waals surface area contributed by atoms with Gasteiger partial charge in [-0.25, -0.2) is 4.99 Å². The number of benzene rings is 2. The molecule has 1 fully saturated rings. The lowest BCUT2D eigenvalue weighted by molar-refractivity contribution is -0.118. The Kier molecular flexibility index (Phi) is 4.95. The third-order valence-electron chi connectivity index (χ3n) is 3.38. The van der Waals surface area contributed by atoms with Gasteiger partial charge in [0.2, 0.25) is 5.91 Å². The predicted molar refractivity (Wildman–Crippen MR) is 98.0 cm³/mol. The predicted octanol–water partition coefficient (Wildman–Crippen LogP) is 4.76. The van der Waals surface area contributed by atoms with Crippen molar-refractivity contribution in [2.75, 3.05) is 0 Å². The normalized spacial score (nSPS) is 19.2. The molecule has 0 radical (unpaired) electrons. The maximum atomic E-state index is 12.1. The Morgan fingerprint density at radius 2 is 1.78 bits per heavy atom. The van der Waals surface area contributed by atoms with Crippen molar-refractivity contribution >= 4 is 51.7 Å². The van der Waals surface area contributed by atoms with Gasteiger partial charge in [0, 0.05) is 10.0 Å². The van der Waals surface area contributed by atoms with Crippen molar-refractivity contribution < 1.29 is 4.79 Å². The molecule has 1 saturated heterocycles. The minimum atomic E-state index is -0.228. The maximum Gasteiger partial charge on any atom is 0.239 e. The Balaban J connectivity index is 1.73. The van der Waals surface area contributed by atoms with E-state index in [9.17, 15) is 4.79 Å². The molecule has 1 aliphatic rings. The minimum Gasteiger partial charge on any atom is -0.304 e. The van der Waals surface area contributed by atoms with E-state index in [0.717, 1.165) is 11.3 Å². The standard InChI is InChI=1S/C17H14Cl2N2OS/c1-10-2-4-14(5-3-10)20-17-21-16(22)15(23-17)8-11-6-12(18)9-13(19)7-11/h2-7,9,15H,8H2,1H3,(H,20,21,22). The lowest BCUT2D eigenvalue weighted by Gasteiger charge is -2.06. The van der Waals surface area contributed by atoms with Crippen LogP contribution in [0.3, 0.4) is 0 Å². The molecular formula is C17H14Cl2N2OS. The van der Waals surface area contributed by atoms with Crippen molar-refractivity contribution in [3.8, 4) is 0 Å². The van der Waals surface area contributed by atoms with E-state index in [1.807, 2.05) is 43.3 Å². The first kappa shape index (κ1) is 16.4. The summed E-state index contributed by atoms with van der Waals surface area (Å²) >= 11 is 13.4. The van der Waals surface area contributed by atoms with Gasteiger partial charge in [0.1, 0.15) is 0 Å². The molecule has 3 rings (SSSR count). The molecule has 1 heterocycles. The molecule has 2 aromatic rings. The number of amidine groups is 1. The summed E-state index contributed by atoms with van der Waals surface area (Å²) in [5.74, 6) is -0.0445. The Morgan fingerprint density at radius 3 is 2.43 bits per heavy atom. The summed E-state index contributed by atoms with van der Waals surface area (Å²) in [4.78, 5) is 16.6. The SMILES string of the molecule is Cc1ccc(N=C2NC(=O)C(Cc3cc(Cl)cc(Cl)c3)S2)cc1. The molecule has 0 spiro atoms. The number of hydrogen-bond acceptors (Lipinski definition) is 3. The monoisotopic (exact) mass is 364 g/mol. The van der Waals surface area contributed by atoms with E-state index >= 15 is 0 Å². The third kappa shape index (κ3) is 4.28. The van der Waals surface area contributed by atoms with Crippen molar-refractivity contribution in [3.63, 3.8) is 0 Å². The molecule has 3 nitrogen and oxygen atoms in total. The molecule has 0 aliphatic carbocycles. The molecule has 6 heteroatoms. The summed E-state index contributed by atoms with van der Waals surface area (Å²) in [6.45, 7) is 2.02. The van der Waals surface area contributed by atoms with Crippen molar-refractivity contribution in [1.29, 1.82) is 0 Å². The van der Waals surface area contributed by atoms with Gasteiger partial charge < -0.3 is 5.32 Å². The highest BCUT2D eigenvalue weighted by molar-refractivity contribution is 8.15. The number of nitrogens with zero attached hydrogens (tertiary/aromatic N) is 1. The van der Waals surface area contributed by atoms with Gasteiger partial charge in [0.25, 0.3) is 0 Å². The zero-order chi connectivity index (χ0) is 16.4. The highest BCUT2D eigenvalue weighted by atomic mass is 35.5. The van der Waals surface area contributed by atoms with Crippen LogP contribution in [0.25, 0.3) is 0 Å². The van der Waals surface area contributed by atoms with Crippen LogP contribution in [0.2, 0.25) is 10.0 Å². The highest BCUT2D eigenvalue weighted by Gasteiger charge is 2.30. The van der Waals surface area contributed by atoms with Gasteiger partial charge in [0.05, 0.1) is 10.9 Å². The Morgan fingerprint density at radius 1 is 1.13 bits per heavy atom. The summed E-state index contributed by atoms with van der Waals surface area (Å²) < 4.78 is 0. The molecule has 0 aromatic heterocycles. The second kappa shape index (κ2) is 6.95. The van der Waals surface area contributed by atoms with Gasteiger partial charge in [-0.2, -0.15) is 0 Å². The summed E-state index contributed by atoms with van der Waals surface area (Å²) in [5.41, 5.74) is 2.93. The van der Waals surface area contributed by atoms with Crippen LogP contribution in [-0.2, 0) is 11.2 Å². The van der Waals surface area contributed by atoms with Crippen molar-refractivity contribution in [2.24, 2.45) is 4.99 Å². The van der Waals surface area contributed by atoms with Crippen LogP contribution < -0.4 is 5.32 Å². The van der Waals surface area contributed by atoms with E-state index in [-0.39, 0.29) is 11.2 Å². The average molecular weight is 365 g/mol. The molecule has 1 unspecified atom stereocenters. The van der Waals surface area contributed by atoms with Crippen LogP contribution in [0.15, 0.2) is 47.5 Å². The molecule has 2 aromatic carbocycles. The van der Waals surface area contributed by atoms with E-state index in [1.165, 1.54) is 17.3 Å². The molecule has 1 amide bonds. The number of nitrogens with one attached hydrogen (secondary N) is 1. The van der Waals surface area contributed by atoms with E-state index in [0.29, 0.717) is 21.6 Å². The smallest absolute Gasteiger partial charge is 0.239 e. The first-order chi connectivity index (χ1) is 11.0. The first-order valence-corrected chi connectivity index (χ1v) is 8.71. The number of thioether (sulfide) groups is 1. The number of carbonyl (C=O) groups is 1. The maximum absolute atomic E-state index is 12.1. The number of rotatable bonds is 3. The number of carbonyl (C=O) groups excluding carboxylic acids is 1. The summed E-state index contributed by atoms with van der Waals surface area (Å²) in [7, 11) is 0. The van der Waals surface area contributed by atoms with Gasteiger partial charge in [-0.15, -0.1) is 0 Å². The van der Waals surface area contributed by atoms with E-state index in [1.54, 1.807) is 6.07 Å². The molecule has 0 bridgehead atoms. The Bertz CT molecular complexity index is 754. The number of aryl methyl sites for hydroxylation is 1. The zero-order valence-corrected chi connectivity index (χ0v) is 14.7. The summed E-state index contributed by atoms with van der Waals surface area (Å²) in [6.07, 6.45) is 0.559. The van der Waals surface area contributed by atoms with E-state index < -0.39 is 0 Å². The number of aliphatic imine (C=N–C) groups is 1. The minimum absolute atomic E-state index is 0.0445. The first-order valence-electron chi connectivity index (χ1n) is 7.07. The molecule has 1 atom stereocenters. The lowest BCUT2D eigenvalue weighted by atomic mass is 10.1. The van der Waals surface area contributed by atoms with Crippen LogP contribution in [0, 0.1) is 6.92 Å². The quantitative estimate of drug-likeness (QED) is 0.852. The largest absolute Gasteiger partial charge is 0.304 e. The topological polar surface area (TPSA) is 41.5 Å². The fraction of sp³-hybridized carbons (Fsp3) is 0.176. The van der Waals surface area contributed by atoms with Crippen LogP contribution in [-0.4, -0.2) is 16.3 Å². The van der Waals surface area contributed by atoms with E-state index in [2.05, 4.69) is 10.3 Å². The van der Waals surface area contributed by atoms with Gasteiger partial charge in [0.15, 0.2) is 5.17 Å². The average Bonchev–Trinajstić information content (AvgIpc) is 2.80. The second-order valence-corrected chi connectivity index (χ2v) is 7.39. The molecule has 118 valence electrons. The fourth-order valence-electron chi connectivity index (χ4n) is 2.27. The summed E-state index contributed by atoms with van der Waals surface area (Å²) in [5, 5.41) is 4.37. The van der Waals surface area contributed by atoms with E-state index in [4.69, 9.17) is 23.2 Å². The number of amides is 1. The molecular weight excluding hydrogens is 351 g/mol. The van der Waals surface area contributed by atoms with Crippen molar-refractivity contribution in [2.45, 2.75) is 18.6 Å². The highest BCUT2D eigenvalue weighted by Crippen LogP contribution is 2.28. The number of hydrogen-bond donors (Lipinski definition) is 1. The van der Waals surface area contributed by atoms with Crippen molar-refractivity contribution in [3.05, 3.63) is 63.6 Å².